The molecule has 0 atom stereocenters. The lowest BCUT2D eigenvalue weighted by molar-refractivity contribution is -0.147. The Morgan fingerprint density at radius 3 is 1.30 bits per heavy atom. The zero-order valence-electron chi connectivity index (χ0n) is 24.9. The molecule has 0 spiro atoms. The molecule has 0 amide bonds. The molecule has 0 saturated heterocycles. The van der Waals surface area contributed by atoms with Crippen LogP contribution in [0.1, 0.15) is 17.0 Å². The number of ether oxygens (including phenoxy) is 4. The molecule has 3 aromatic heterocycles. The molecular formula is C31H33N5O8. The second-order valence-corrected chi connectivity index (χ2v) is 9.39. The van der Waals surface area contributed by atoms with E-state index in [1.54, 1.807) is 58.3 Å². The zero-order chi connectivity index (χ0) is 32.1. The number of rotatable bonds is 14. The molecule has 0 unspecified atom stereocenters. The van der Waals surface area contributed by atoms with Gasteiger partial charge < -0.3 is 18.9 Å². The van der Waals surface area contributed by atoms with Gasteiger partial charge in [0.1, 0.15) is 0 Å². The van der Waals surface area contributed by atoms with E-state index in [1.807, 2.05) is 0 Å². The number of aromatic nitrogens is 3. The summed E-state index contributed by atoms with van der Waals surface area (Å²) in [5, 5.41) is 0. The maximum absolute atomic E-state index is 11.9. The lowest BCUT2D eigenvalue weighted by Gasteiger charge is -2.19. The molecule has 0 aliphatic heterocycles. The molecule has 0 aromatic carbocycles. The van der Waals surface area contributed by atoms with Crippen LogP contribution in [0.5, 0.6) is 0 Å². The van der Waals surface area contributed by atoms with Gasteiger partial charge in [-0.2, -0.15) is 0 Å². The van der Waals surface area contributed by atoms with Gasteiger partial charge in [0.05, 0.1) is 88.8 Å². The largest absolute Gasteiger partial charge is 0.468 e. The topological polar surface area (TPSA) is 150 Å². The predicted molar refractivity (Wildman–Crippen MR) is 157 cm³/mol. The highest BCUT2D eigenvalue weighted by atomic mass is 16.5. The normalized spacial score (nSPS) is 10.7. The lowest BCUT2D eigenvalue weighted by Crippen LogP contribution is -2.35. The zero-order valence-corrected chi connectivity index (χ0v) is 24.9. The number of terminal acetylenes is 1. The fourth-order valence-electron chi connectivity index (χ4n) is 4.08. The third kappa shape index (κ3) is 9.97. The summed E-state index contributed by atoms with van der Waals surface area (Å²) in [4.78, 5) is 64.9. The fourth-order valence-corrected chi connectivity index (χ4v) is 4.08. The van der Waals surface area contributed by atoms with Crippen molar-refractivity contribution in [3.63, 3.8) is 0 Å². The average molecular weight is 604 g/mol. The van der Waals surface area contributed by atoms with Gasteiger partial charge in [0.25, 0.3) is 0 Å². The number of esters is 4. The summed E-state index contributed by atoms with van der Waals surface area (Å²) in [7, 11) is 5.07. The smallest absolute Gasteiger partial charge is 0.319 e. The van der Waals surface area contributed by atoms with Crippen LogP contribution in [0.4, 0.5) is 0 Å². The third-order valence-corrected chi connectivity index (χ3v) is 6.22. The summed E-state index contributed by atoms with van der Waals surface area (Å²) >= 11 is 0. The minimum absolute atomic E-state index is 0.134. The first kappa shape index (κ1) is 33.3. The van der Waals surface area contributed by atoms with Crippen LogP contribution in [-0.4, -0.2) is 103 Å². The molecule has 0 N–H and O–H groups in total. The molecule has 0 fully saturated rings. The van der Waals surface area contributed by atoms with Crippen LogP contribution in [-0.2, 0) is 51.2 Å². The minimum atomic E-state index is -0.508. The van der Waals surface area contributed by atoms with Gasteiger partial charge in [0.15, 0.2) is 0 Å². The summed E-state index contributed by atoms with van der Waals surface area (Å²) in [5.41, 5.74) is 3.67. The van der Waals surface area contributed by atoms with E-state index in [1.165, 1.54) is 28.4 Å². The molecule has 0 radical (unpaired) electrons. The van der Waals surface area contributed by atoms with Crippen LogP contribution in [0.2, 0.25) is 0 Å². The third-order valence-electron chi connectivity index (χ3n) is 6.22. The van der Waals surface area contributed by atoms with E-state index < -0.39 is 23.9 Å². The van der Waals surface area contributed by atoms with Gasteiger partial charge >= 0.3 is 23.9 Å². The van der Waals surface area contributed by atoms with Crippen molar-refractivity contribution in [3.8, 4) is 35.1 Å². The first-order chi connectivity index (χ1) is 21.2. The van der Waals surface area contributed by atoms with Crippen molar-refractivity contribution < 1.29 is 38.1 Å². The Morgan fingerprint density at radius 1 is 0.614 bits per heavy atom. The maximum atomic E-state index is 11.9. The Labute approximate surface area is 255 Å². The molecule has 3 heterocycles. The summed E-state index contributed by atoms with van der Waals surface area (Å²) in [5.74, 6) is 0.604. The maximum Gasteiger partial charge on any atom is 0.319 e. The van der Waals surface area contributed by atoms with Crippen molar-refractivity contribution in [2.75, 3.05) is 54.6 Å². The molecule has 230 valence electrons. The van der Waals surface area contributed by atoms with Gasteiger partial charge in [-0.25, -0.2) is 15.0 Å². The van der Waals surface area contributed by atoms with E-state index >= 15 is 0 Å². The van der Waals surface area contributed by atoms with E-state index in [-0.39, 0.29) is 39.3 Å². The molecule has 0 saturated carbocycles. The van der Waals surface area contributed by atoms with Gasteiger partial charge in [-0.1, -0.05) is 18.1 Å². The Morgan fingerprint density at radius 2 is 0.977 bits per heavy atom. The molecule has 0 aliphatic carbocycles. The molecule has 13 heteroatoms. The van der Waals surface area contributed by atoms with E-state index in [2.05, 4.69) is 5.92 Å². The summed E-state index contributed by atoms with van der Waals surface area (Å²) in [6.45, 7) is -0.208. The van der Waals surface area contributed by atoms with Crippen LogP contribution < -0.4 is 0 Å². The fraction of sp³-hybridized carbons (Fsp3) is 0.323. The molecular weight excluding hydrogens is 570 g/mol. The monoisotopic (exact) mass is 603 g/mol. The van der Waals surface area contributed by atoms with Crippen LogP contribution in [0.3, 0.4) is 0 Å². The quantitative estimate of drug-likeness (QED) is 0.149. The summed E-state index contributed by atoms with van der Waals surface area (Å²) in [6.07, 6.45) is 5.77. The van der Waals surface area contributed by atoms with Crippen LogP contribution in [0.25, 0.3) is 22.8 Å². The van der Waals surface area contributed by atoms with Crippen molar-refractivity contribution in [1.82, 2.24) is 24.8 Å². The number of hydrogen-bond donors (Lipinski definition) is 0. The Kier molecular flexibility index (Phi) is 12.5. The molecule has 13 nitrogen and oxygen atoms in total. The number of nitrogens with zero attached hydrogens (tertiary/aromatic N) is 5. The van der Waals surface area contributed by atoms with Crippen LogP contribution >= 0.6 is 0 Å². The van der Waals surface area contributed by atoms with Gasteiger partial charge in [0.2, 0.25) is 0 Å². The lowest BCUT2D eigenvalue weighted by atomic mass is 10.1. The van der Waals surface area contributed by atoms with E-state index in [0.717, 1.165) is 0 Å². The van der Waals surface area contributed by atoms with Crippen LogP contribution in [0.15, 0.2) is 48.5 Å². The van der Waals surface area contributed by atoms with Crippen molar-refractivity contribution >= 4 is 23.9 Å². The van der Waals surface area contributed by atoms with E-state index in [9.17, 15) is 19.2 Å². The standard InChI is InChI=1S/C31H33N5O8/c1-6-21-13-26(24-11-7-9-22(32-24)15-35(17-28(37)41-2)18-29(38)42-3)34-27(14-21)25-12-8-10-23(33-25)16-36(19-30(39)43-4)20-31(40)44-5/h1,7-14H,15-20H2,2-5H3. The van der Waals surface area contributed by atoms with Gasteiger partial charge in [-0.15, -0.1) is 6.42 Å². The van der Waals surface area contributed by atoms with Gasteiger partial charge in [-0.05, 0) is 36.4 Å². The van der Waals surface area contributed by atoms with E-state index in [4.69, 9.17) is 40.3 Å². The Balaban J connectivity index is 1.92. The van der Waals surface area contributed by atoms with Crippen molar-refractivity contribution in [1.29, 1.82) is 0 Å². The van der Waals surface area contributed by atoms with Crippen LogP contribution in [0, 0.1) is 12.3 Å². The highest BCUT2D eigenvalue weighted by molar-refractivity contribution is 5.75. The molecule has 0 bridgehead atoms. The van der Waals surface area contributed by atoms with E-state index in [0.29, 0.717) is 39.7 Å². The highest BCUT2D eigenvalue weighted by Crippen LogP contribution is 2.24. The average Bonchev–Trinajstić information content (AvgIpc) is 3.04. The van der Waals surface area contributed by atoms with Crippen molar-refractivity contribution in [3.05, 3.63) is 65.5 Å². The summed E-state index contributed by atoms with van der Waals surface area (Å²) in [6, 6.07) is 14.1. The number of pyridine rings is 3. The minimum Gasteiger partial charge on any atom is -0.468 e. The molecule has 3 rings (SSSR count). The predicted octanol–water partition coefficient (Wildman–Crippen LogP) is 1.48. The summed E-state index contributed by atoms with van der Waals surface area (Å²) < 4.78 is 19.0. The number of methoxy groups -OCH3 is 4. The first-order valence-electron chi connectivity index (χ1n) is 13.3. The second-order valence-electron chi connectivity index (χ2n) is 9.39. The molecule has 3 aromatic rings. The van der Waals surface area contributed by atoms with Crippen molar-refractivity contribution in [2.45, 2.75) is 13.1 Å². The molecule has 44 heavy (non-hydrogen) atoms. The SMILES string of the molecule is C#Cc1cc(-c2cccc(CN(CC(=O)OC)CC(=O)OC)n2)nc(-c2cccc(CN(CC(=O)OC)CC(=O)OC)n2)c1. The number of hydrogen-bond acceptors (Lipinski definition) is 13. The number of carbonyl (C=O) groups is 4. The van der Waals surface area contributed by atoms with Crippen molar-refractivity contribution in [2.24, 2.45) is 0 Å². The second kappa shape index (κ2) is 16.4. The van der Waals surface area contributed by atoms with Gasteiger partial charge in [0, 0.05) is 18.7 Å². The Bertz CT molecular complexity index is 1400. The highest BCUT2D eigenvalue weighted by Gasteiger charge is 2.19. The first-order valence-corrected chi connectivity index (χ1v) is 13.3. The Hall–Kier alpha value is -5.19. The molecule has 0 aliphatic rings. The van der Waals surface area contributed by atoms with Gasteiger partial charge in [-0.3, -0.25) is 29.0 Å². The number of carbonyl (C=O) groups excluding carboxylic acids is 4.